The van der Waals surface area contributed by atoms with Crippen LogP contribution in [-0.4, -0.2) is 56.0 Å². The second-order valence-electron chi connectivity index (χ2n) is 7.32. The predicted molar refractivity (Wildman–Crippen MR) is 108 cm³/mol. The van der Waals surface area contributed by atoms with Crippen molar-refractivity contribution >= 4 is 23.4 Å². The Hall–Kier alpha value is -3.19. The summed E-state index contributed by atoms with van der Waals surface area (Å²) in [5.41, 5.74) is 3.09. The van der Waals surface area contributed by atoms with Crippen LogP contribution in [0.3, 0.4) is 0 Å². The van der Waals surface area contributed by atoms with Crippen molar-refractivity contribution in [2.45, 2.75) is 13.0 Å². The maximum atomic E-state index is 12.7. The smallest absolute Gasteiger partial charge is 0.261 e. The molecule has 1 atom stereocenters. The van der Waals surface area contributed by atoms with Crippen molar-refractivity contribution in [3.8, 4) is 0 Å². The largest absolute Gasteiger partial charge is 0.378 e. The first-order valence-electron chi connectivity index (χ1n) is 9.65. The van der Waals surface area contributed by atoms with Crippen molar-refractivity contribution in [1.29, 1.82) is 0 Å². The number of ether oxygens (including phenoxy) is 1. The summed E-state index contributed by atoms with van der Waals surface area (Å²) in [5.74, 6) is -1.01. The van der Waals surface area contributed by atoms with E-state index in [0.29, 0.717) is 11.1 Å². The molecule has 1 saturated heterocycles. The van der Waals surface area contributed by atoms with E-state index in [1.807, 2.05) is 19.1 Å². The number of nitrogens with one attached hydrogen (secondary N) is 1. The fourth-order valence-electron chi connectivity index (χ4n) is 3.66. The van der Waals surface area contributed by atoms with Gasteiger partial charge in [0.05, 0.1) is 30.4 Å². The Morgan fingerprint density at radius 1 is 1.00 bits per heavy atom. The van der Waals surface area contributed by atoms with Gasteiger partial charge in [-0.15, -0.1) is 0 Å². The van der Waals surface area contributed by atoms with Crippen molar-refractivity contribution < 1.29 is 19.1 Å². The molecule has 4 rings (SSSR count). The summed E-state index contributed by atoms with van der Waals surface area (Å²) in [6.45, 7) is 5.13. The van der Waals surface area contributed by atoms with Gasteiger partial charge in [-0.1, -0.05) is 12.1 Å². The summed E-state index contributed by atoms with van der Waals surface area (Å²) in [4.78, 5) is 40.1. The number of rotatable bonds is 4. The van der Waals surface area contributed by atoms with E-state index in [1.54, 1.807) is 6.07 Å². The lowest BCUT2D eigenvalue weighted by atomic mass is 10.0. The van der Waals surface area contributed by atoms with Crippen LogP contribution in [0.4, 0.5) is 5.69 Å². The number of fused-ring (bicyclic) bond motifs is 1. The van der Waals surface area contributed by atoms with E-state index < -0.39 is 0 Å². The van der Waals surface area contributed by atoms with Crippen molar-refractivity contribution in [2.75, 3.05) is 38.3 Å². The molecule has 7 nitrogen and oxygen atoms in total. The Labute approximate surface area is 169 Å². The van der Waals surface area contributed by atoms with E-state index in [0.717, 1.165) is 42.5 Å². The molecule has 0 saturated carbocycles. The van der Waals surface area contributed by atoms with Crippen LogP contribution in [0.2, 0.25) is 0 Å². The molecule has 2 aliphatic heterocycles. The van der Waals surface area contributed by atoms with E-state index in [-0.39, 0.29) is 29.3 Å². The Bertz CT molecular complexity index is 965. The molecule has 0 aliphatic carbocycles. The summed E-state index contributed by atoms with van der Waals surface area (Å²) < 4.78 is 5.38. The third kappa shape index (κ3) is 3.61. The number of hydrogen-bond donors (Lipinski definition) is 1. The standard InChI is InChI=1S/C22H23N3O4/c1-14(15-3-6-17(7-4-15)25-9-11-29-12-10-25)23-20(26)16-5-8-18-19(13-16)22(28)24(2)21(18)27/h3-8,13-14H,9-12H2,1-2H3,(H,23,26). The van der Waals surface area contributed by atoms with Crippen LogP contribution in [0.25, 0.3) is 0 Å². The number of imide groups is 1. The normalized spacial score (nSPS) is 17.3. The molecule has 0 radical (unpaired) electrons. The molecule has 2 heterocycles. The van der Waals surface area contributed by atoms with E-state index in [9.17, 15) is 14.4 Å². The van der Waals surface area contributed by atoms with Gasteiger partial charge in [0, 0.05) is 31.4 Å². The molecule has 2 aliphatic rings. The van der Waals surface area contributed by atoms with Crippen LogP contribution in [0.1, 0.15) is 49.6 Å². The first-order chi connectivity index (χ1) is 14.0. The third-order valence-electron chi connectivity index (χ3n) is 5.47. The first-order valence-corrected chi connectivity index (χ1v) is 9.65. The van der Waals surface area contributed by atoms with E-state index in [4.69, 9.17) is 4.74 Å². The zero-order chi connectivity index (χ0) is 20.5. The molecular weight excluding hydrogens is 370 g/mol. The number of nitrogens with zero attached hydrogens (tertiary/aromatic N) is 2. The number of carbonyl (C=O) groups is 3. The highest BCUT2D eigenvalue weighted by atomic mass is 16.5. The minimum Gasteiger partial charge on any atom is -0.378 e. The van der Waals surface area contributed by atoms with Gasteiger partial charge in [0.1, 0.15) is 0 Å². The van der Waals surface area contributed by atoms with E-state index in [2.05, 4.69) is 22.3 Å². The highest BCUT2D eigenvalue weighted by Crippen LogP contribution is 2.24. The van der Waals surface area contributed by atoms with Gasteiger partial charge in [-0.05, 0) is 42.8 Å². The monoisotopic (exact) mass is 393 g/mol. The third-order valence-corrected chi connectivity index (χ3v) is 5.47. The molecule has 0 aromatic heterocycles. The quantitative estimate of drug-likeness (QED) is 0.806. The Kier molecular flexibility index (Phi) is 5.07. The van der Waals surface area contributed by atoms with Crippen LogP contribution < -0.4 is 10.2 Å². The molecule has 2 aromatic carbocycles. The summed E-state index contributed by atoms with van der Waals surface area (Å²) in [7, 11) is 1.44. The van der Waals surface area contributed by atoms with E-state index in [1.165, 1.54) is 19.2 Å². The fourth-order valence-corrected chi connectivity index (χ4v) is 3.66. The van der Waals surface area contributed by atoms with Crippen LogP contribution >= 0.6 is 0 Å². The lowest BCUT2D eigenvalue weighted by molar-refractivity contribution is 0.0693. The number of benzene rings is 2. The molecule has 0 spiro atoms. The summed E-state index contributed by atoms with van der Waals surface area (Å²) in [5, 5.41) is 2.96. The molecule has 0 bridgehead atoms. The molecule has 7 heteroatoms. The minimum absolute atomic E-state index is 0.200. The van der Waals surface area contributed by atoms with Gasteiger partial charge >= 0.3 is 0 Å². The molecule has 29 heavy (non-hydrogen) atoms. The van der Waals surface area contributed by atoms with Gasteiger partial charge in [-0.25, -0.2) is 0 Å². The minimum atomic E-state index is -0.383. The van der Waals surface area contributed by atoms with Crippen LogP contribution in [0.15, 0.2) is 42.5 Å². The molecule has 1 N–H and O–H groups in total. The van der Waals surface area contributed by atoms with Crippen molar-refractivity contribution in [1.82, 2.24) is 10.2 Å². The summed E-state index contributed by atoms with van der Waals surface area (Å²) in [6.07, 6.45) is 0. The number of amides is 3. The average molecular weight is 393 g/mol. The van der Waals surface area contributed by atoms with Gasteiger partial charge in [0.2, 0.25) is 0 Å². The lowest BCUT2D eigenvalue weighted by Gasteiger charge is -2.29. The average Bonchev–Trinajstić information content (AvgIpc) is 2.98. The zero-order valence-electron chi connectivity index (χ0n) is 16.5. The second kappa shape index (κ2) is 7.67. The summed E-state index contributed by atoms with van der Waals surface area (Å²) in [6, 6.07) is 12.5. The molecule has 2 aromatic rings. The topological polar surface area (TPSA) is 79.0 Å². The van der Waals surface area contributed by atoms with Gasteiger partial charge in [-0.2, -0.15) is 0 Å². The Balaban J connectivity index is 1.45. The molecule has 1 fully saturated rings. The Morgan fingerprint density at radius 3 is 2.34 bits per heavy atom. The van der Waals surface area contributed by atoms with Gasteiger partial charge < -0.3 is 15.0 Å². The highest BCUT2D eigenvalue weighted by molar-refractivity contribution is 6.21. The number of anilines is 1. The van der Waals surface area contributed by atoms with Gasteiger partial charge in [-0.3, -0.25) is 19.3 Å². The van der Waals surface area contributed by atoms with Crippen molar-refractivity contribution in [2.24, 2.45) is 0 Å². The second-order valence-corrected chi connectivity index (χ2v) is 7.32. The van der Waals surface area contributed by atoms with Gasteiger partial charge in [0.25, 0.3) is 17.7 Å². The number of hydrogen-bond acceptors (Lipinski definition) is 5. The Morgan fingerprint density at radius 2 is 1.66 bits per heavy atom. The maximum Gasteiger partial charge on any atom is 0.261 e. The van der Waals surface area contributed by atoms with Crippen molar-refractivity contribution in [3.05, 3.63) is 64.7 Å². The molecule has 3 amide bonds. The van der Waals surface area contributed by atoms with Crippen LogP contribution in [0, 0.1) is 0 Å². The number of carbonyl (C=O) groups excluding carboxylic acids is 3. The number of morpholine rings is 1. The fraction of sp³-hybridized carbons (Fsp3) is 0.318. The molecule has 1 unspecified atom stereocenters. The van der Waals surface area contributed by atoms with Crippen molar-refractivity contribution in [3.63, 3.8) is 0 Å². The van der Waals surface area contributed by atoms with Crippen LogP contribution in [-0.2, 0) is 4.74 Å². The highest BCUT2D eigenvalue weighted by Gasteiger charge is 2.33. The maximum absolute atomic E-state index is 12.7. The van der Waals surface area contributed by atoms with E-state index >= 15 is 0 Å². The predicted octanol–water partition coefficient (Wildman–Crippen LogP) is 2.24. The lowest BCUT2D eigenvalue weighted by Crippen LogP contribution is -2.36. The SMILES string of the molecule is CC(NC(=O)c1ccc2c(c1)C(=O)N(C)C2=O)c1ccc(N2CCOCC2)cc1. The summed E-state index contributed by atoms with van der Waals surface area (Å²) >= 11 is 0. The van der Waals surface area contributed by atoms with Gasteiger partial charge in [0.15, 0.2) is 0 Å². The molecular formula is C22H23N3O4. The first kappa shape index (κ1) is 19.1. The van der Waals surface area contributed by atoms with Crippen LogP contribution in [0.5, 0.6) is 0 Å². The molecule has 150 valence electrons. The zero-order valence-corrected chi connectivity index (χ0v) is 16.5.